The van der Waals surface area contributed by atoms with E-state index in [1.807, 2.05) is 0 Å². The van der Waals surface area contributed by atoms with E-state index in [4.69, 9.17) is 5.84 Å². The summed E-state index contributed by atoms with van der Waals surface area (Å²) in [4.78, 5) is 4.41. The van der Waals surface area contributed by atoms with Gasteiger partial charge < -0.3 is 5.43 Å². The second-order valence-corrected chi connectivity index (χ2v) is 4.86. The highest BCUT2D eigenvalue weighted by atomic mass is 19.1. The van der Waals surface area contributed by atoms with Crippen LogP contribution in [0.1, 0.15) is 44.1 Å². The van der Waals surface area contributed by atoms with Crippen LogP contribution in [0.4, 0.5) is 8.78 Å². The van der Waals surface area contributed by atoms with E-state index in [1.54, 1.807) is 0 Å². The molecule has 3 nitrogen and oxygen atoms in total. The number of benzene rings is 1. The molecule has 0 heterocycles. The fraction of sp³-hybridized carbons (Fsp3) is 0.500. The van der Waals surface area contributed by atoms with Crippen molar-refractivity contribution in [2.45, 2.75) is 44.6 Å². The summed E-state index contributed by atoms with van der Waals surface area (Å²) < 4.78 is 27.4. The molecule has 0 atom stereocenters. The van der Waals surface area contributed by atoms with E-state index in [-0.39, 0.29) is 17.4 Å². The maximum atomic E-state index is 13.7. The van der Waals surface area contributed by atoms with Crippen LogP contribution < -0.4 is 11.3 Å². The molecule has 0 aliphatic heterocycles. The van der Waals surface area contributed by atoms with Crippen molar-refractivity contribution in [3.63, 3.8) is 0 Å². The molecule has 1 aromatic rings. The molecule has 0 aromatic heterocycles. The van der Waals surface area contributed by atoms with E-state index in [0.717, 1.165) is 25.7 Å². The van der Waals surface area contributed by atoms with Crippen molar-refractivity contribution in [1.82, 2.24) is 5.43 Å². The largest absolute Gasteiger partial charge is 0.308 e. The highest BCUT2D eigenvalue weighted by Gasteiger charge is 2.17. The highest BCUT2D eigenvalue weighted by molar-refractivity contribution is 5.99. The van der Waals surface area contributed by atoms with Gasteiger partial charge in [-0.1, -0.05) is 31.7 Å². The number of nitrogens with one attached hydrogen (secondary N) is 1. The molecule has 0 radical (unpaired) electrons. The van der Waals surface area contributed by atoms with E-state index >= 15 is 0 Å². The topological polar surface area (TPSA) is 50.4 Å². The molecule has 1 aromatic carbocycles. The van der Waals surface area contributed by atoms with Gasteiger partial charge in [-0.25, -0.2) is 14.6 Å². The molecule has 1 aliphatic carbocycles. The lowest BCUT2D eigenvalue weighted by molar-refractivity contribution is 0.567. The molecule has 1 fully saturated rings. The molecule has 0 amide bonds. The second kappa shape index (κ2) is 6.61. The van der Waals surface area contributed by atoms with Crippen molar-refractivity contribution in [3.8, 4) is 0 Å². The predicted octanol–water partition coefficient (Wildman–Crippen LogP) is 2.90. The Balaban J connectivity index is 2.27. The fourth-order valence-electron chi connectivity index (χ4n) is 2.47. The number of hydrazine groups is 1. The number of halogens is 2. The van der Waals surface area contributed by atoms with Gasteiger partial charge in [0.05, 0.1) is 11.6 Å². The lowest BCUT2D eigenvalue weighted by Gasteiger charge is -2.13. The fourth-order valence-corrected chi connectivity index (χ4v) is 2.47. The first kappa shape index (κ1) is 13.9. The Kier molecular flexibility index (Phi) is 4.85. The van der Waals surface area contributed by atoms with Gasteiger partial charge in [0.15, 0.2) is 0 Å². The molecular weight excluding hydrogens is 248 g/mol. The Bertz CT molecular complexity index is 432. The average molecular weight is 267 g/mol. The van der Waals surface area contributed by atoms with Crippen LogP contribution in [-0.4, -0.2) is 11.9 Å². The van der Waals surface area contributed by atoms with Crippen molar-refractivity contribution in [3.05, 3.63) is 35.4 Å². The zero-order chi connectivity index (χ0) is 13.7. The molecule has 19 heavy (non-hydrogen) atoms. The number of amidine groups is 1. The molecule has 1 aliphatic rings. The average Bonchev–Trinajstić information content (AvgIpc) is 2.65. The molecule has 5 heteroatoms. The standard InChI is InChI=1S/C14H19F2N3/c15-11-8-5-9-12(16)13(11)14(19-17)18-10-6-3-1-2-4-7-10/h5,8-10H,1-4,6-7,17H2,(H,18,19). The molecule has 3 N–H and O–H groups in total. The van der Waals surface area contributed by atoms with Crippen molar-refractivity contribution in [1.29, 1.82) is 0 Å². The first-order valence-electron chi connectivity index (χ1n) is 6.71. The smallest absolute Gasteiger partial charge is 0.148 e. The zero-order valence-corrected chi connectivity index (χ0v) is 10.8. The number of rotatable bonds is 2. The molecule has 0 saturated heterocycles. The Hall–Kier alpha value is -1.49. The monoisotopic (exact) mass is 267 g/mol. The van der Waals surface area contributed by atoms with Crippen LogP contribution in [0.5, 0.6) is 0 Å². The molecule has 1 saturated carbocycles. The Morgan fingerprint density at radius 1 is 1.11 bits per heavy atom. The molecule has 2 rings (SSSR count). The van der Waals surface area contributed by atoms with Gasteiger partial charge in [0, 0.05) is 0 Å². The third kappa shape index (κ3) is 3.50. The van der Waals surface area contributed by atoms with Crippen LogP contribution in [0, 0.1) is 11.6 Å². The number of nitrogens with two attached hydrogens (primary N) is 1. The van der Waals surface area contributed by atoms with E-state index in [2.05, 4.69) is 10.4 Å². The molecule has 0 unspecified atom stereocenters. The minimum absolute atomic E-state index is 0.0903. The third-order valence-corrected chi connectivity index (χ3v) is 3.47. The number of hydrogen-bond donors (Lipinski definition) is 2. The summed E-state index contributed by atoms with van der Waals surface area (Å²) in [7, 11) is 0. The number of nitrogens with zero attached hydrogens (tertiary/aromatic N) is 1. The van der Waals surface area contributed by atoms with Gasteiger partial charge in [-0.05, 0) is 25.0 Å². The molecule has 104 valence electrons. The van der Waals surface area contributed by atoms with Crippen molar-refractivity contribution in [2.24, 2.45) is 10.8 Å². The first-order chi connectivity index (χ1) is 9.22. The van der Waals surface area contributed by atoms with E-state index in [0.29, 0.717) is 0 Å². The van der Waals surface area contributed by atoms with Gasteiger partial charge in [0.1, 0.15) is 17.5 Å². The number of hydrogen-bond acceptors (Lipinski definition) is 2. The van der Waals surface area contributed by atoms with Crippen molar-refractivity contribution >= 4 is 5.84 Å². The van der Waals surface area contributed by atoms with Gasteiger partial charge in [-0.3, -0.25) is 4.99 Å². The van der Waals surface area contributed by atoms with Gasteiger partial charge >= 0.3 is 0 Å². The Morgan fingerprint density at radius 2 is 1.68 bits per heavy atom. The van der Waals surface area contributed by atoms with Crippen LogP contribution in [0.25, 0.3) is 0 Å². The van der Waals surface area contributed by atoms with E-state index in [1.165, 1.54) is 31.0 Å². The Morgan fingerprint density at radius 3 is 2.21 bits per heavy atom. The van der Waals surface area contributed by atoms with Crippen LogP contribution in [0.2, 0.25) is 0 Å². The van der Waals surface area contributed by atoms with Crippen LogP contribution in [-0.2, 0) is 0 Å². The van der Waals surface area contributed by atoms with Crippen LogP contribution in [0.15, 0.2) is 23.2 Å². The van der Waals surface area contributed by atoms with Crippen molar-refractivity contribution in [2.75, 3.05) is 0 Å². The van der Waals surface area contributed by atoms with E-state index < -0.39 is 11.6 Å². The Labute approximate surface area is 111 Å². The lowest BCUT2D eigenvalue weighted by Crippen LogP contribution is -2.34. The maximum absolute atomic E-state index is 13.7. The molecular formula is C14H19F2N3. The summed E-state index contributed by atoms with van der Waals surface area (Å²) in [5.74, 6) is 4.19. The summed E-state index contributed by atoms with van der Waals surface area (Å²) in [5, 5.41) is 0. The minimum atomic E-state index is -0.648. The zero-order valence-electron chi connectivity index (χ0n) is 10.8. The normalized spacial score (nSPS) is 18.2. The van der Waals surface area contributed by atoms with Crippen LogP contribution in [0.3, 0.4) is 0 Å². The van der Waals surface area contributed by atoms with Gasteiger partial charge in [0.2, 0.25) is 0 Å². The highest BCUT2D eigenvalue weighted by Crippen LogP contribution is 2.21. The van der Waals surface area contributed by atoms with Gasteiger partial charge in [-0.2, -0.15) is 0 Å². The van der Waals surface area contributed by atoms with Gasteiger partial charge in [0.25, 0.3) is 0 Å². The molecule has 0 spiro atoms. The SMILES string of the molecule is NNC(=NC1CCCCCC1)c1c(F)cccc1F. The van der Waals surface area contributed by atoms with Gasteiger partial charge in [-0.15, -0.1) is 0 Å². The second-order valence-electron chi connectivity index (χ2n) is 4.86. The summed E-state index contributed by atoms with van der Waals surface area (Å²) in [6, 6.07) is 3.83. The predicted molar refractivity (Wildman–Crippen MR) is 71.7 cm³/mol. The van der Waals surface area contributed by atoms with E-state index in [9.17, 15) is 8.78 Å². The summed E-state index contributed by atoms with van der Waals surface area (Å²) >= 11 is 0. The summed E-state index contributed by atoms with van der Waals surface area (Å²) in [6.07, 6.45) is 6.50. The third-order valence-electron chi connectivity index (χ3n) is 3.47. The quantitative estimate of drug-likeness (QED) is 0.284. The minimum Gasteiger partial charge on any atom is -0.308 e. The summed E-state index contributed by atoms with van der Waals surface area (Å²) in [6.45, 7) is 0. The molecule has 0 bridgehead atoms. The number of aliphatic imine (C=N–C) groups is 1. The van der Waals surface area contributed by atoms with Crippen LogP contribution >= 0.6 is 0 Å². The maximum Gasteiger partial charge on any atom is 0.148 e. The lowest BCUT2D eigenvalue weighted by atomic mass is 10.1. The summed E-state index contributed by atoms with van der Waals surface area (Å²) in [5.41, 5.74) is 2.17. The first-order valence-corrected chi connectivity index (χ1v) is 6.71. The van der Waals surface area contributed by atoms with Crippen molar-refractivity contribution < 1.29 is 8.78 Å².